The molecule has 0 spiro atoms. The number of aromatic nitrogens is 1. The van der Waals surface area contributed by atoms with Crippen LogP contribution in [0.2, 0.25) is 0 Å². The minimum atomic E-state index is -1.18. The van der Waals surface area contributed by atoms with Gasteiger partial charge in [-0.25, -0.2) is 14.2 Å². The molecule has 1 N–H and O–H groups in total. The van der Waals surface area contributed by atoms with Crippen LogP contribution in [-0.2, 0) is 4.74 Å². The van der Waals surface area contributed by atoms with Crippen LogP contribution < -0.4 is 4.90 Å². The number of anilines is 1. The minimum Gasteiger partial charge on any atom is -0.478 e. The third-order valence-corrected chi connectivity index (χ3v) is 3.26. The number of carboxylic acid groups (broad SMARTS) is 1. The molecule has 5 nitrogen and oxygen atoms in total. The summed E-state index contributed by atoms with van der Waals surface area (Å²) in [5.41, 5.74) is -0.118. The minimum absolute atomic E-state index is 0.118. The summed E-state index contributed by atoms with van der Waals surface area (Å²) in [6.45, 7) is 5.02. The largest absolute Gasteiger partial charge is 0.478 e. The van der Waals surface area contributed by atoms with E-state index in [1.54, 1.807) is 7.11 Å². The summed E-state index contributed by atoms with van der Waals surface area (Å²) >= 11 is 0. The second kappa shape index (κ2) is 7.79. The van der Waals surface area contributed by atoms with Crippen LogP contribution in [0.1, 0.15) is 37.0 Å². The van der Waals surface area contributed by atoms with Crippen molar-refractivity contribution in [1.29, 1.82) is 0 Å². The summed E-state index contributed by atoms with van der Waals surface area (Å²) in [5, 5.41) is 9.23. The third-order valence-electron chi connectivity index (χ3n) is 3.26. The Morgan fingerprint density at radius 2 is 2.15 bits per heavy atom. The van der Waals surface area contributed by atoms with Gasteiger partial charge in [-0.05, 0) is 18.9 Å². The van der Waals surface area contributed by atoms with Gasteiger partial charge >= 0.3 is 5.97 Å². The summed E-state index contributed by atoms with van der Waals surface area (Å²) in [7, 11) is 1.58. The molecule has 0 aromatic carbocycles. The molecule has 1 aromatic heterocycles. The van der Waals surface area contributed by atoms with Gasteiger partial charge in [0.15, 0.2) is 0 Å². The lowest BCUT2D eigenvalue weighted by Gasteiger charge is -2.32. The van der Waals surface area contributed by atoms with Gasteiger partial charge in [-0.2, -0.15) is 0 Å². The molecule has 1 aromatic rings. The molecule has 0 saturated heterocycles. The number of ether oxygens (including phenoxy) is 1. The molecule has 0 atom stereocenters. The first-order valence-electron chi connectivity index (χ1n) is 6.69. The van der Waals surface area contributed by atoms with E-state index in [4.69, 9.17) is 4.74 Å². The smallest absolute Gasteiger partial charge is 0.339 e. The van der Waals surface area contributed by atoms with Crippen LogP contribution in [-0.4, -0.2) is 42.4 Å². The molecular weight excluding hydrogens is 263 g/mol. The van der Waals surface area contributed by atoms with E-state index < -0.39 is 11.8 Å². The van der Waals surface area contributed by atoms with Crippen LogP contribution in [0.25, 0.3) is 0 Å². The fourth-order valence-corrected chi connectivity index (χ4v) is 2.20. The van der Waals surface area contributed by atoms with Crippen molar-refractivity contribution in [2.75, 3.05) is 25.2 Å². The van der Waals surface area contributed by atoms with Crippen molar-refractivity contribution in [3.05, 3.63) is 23.6 Å². The molecule has 112 valence electrons. The quantitative estimate of drug-likeness (QED) is 0.795. The molecule has 1 rings (SSSR count). The number of hydrogen-bond acceptors (Lipinski definition) is 4. The average Bonchev–Trinajstić information content (AvgIpc) is 2.43. The van der Waals surface area contributed by atoms with Crippen LogP contribution in [0.15, 0.2) is 12.3 Å². The maximum atomic E-state index is 13.2. The molecule has 0 bridgehead atoms. The molecule has 6 heteroatoms. The molecule has 0 fully saturated rings. The molecular formula is C14H21FN2O3. The Morgan fingerprint density at radius 3 is 2.65 bits per heavy atom. The highest BCUT2D eigenvalue weighted by Gasteiger charge is 2.23. The van der Waals surface area contributed by atoms with E-state index >= 15 is 0 Å². The van der Waals surface area contributed by atoms with Gasteiger partial charge in [-0.1, -0.05) is 13.8 Å². The molecule has 0 saturated carbocycles. The average molecular weight is 284 g/mol. The lowest BCUT2D eigenvalue weighted by Crippen LogP contribution is -2.38. The predicted octanol–water partition coefficient (Wildman–Crippen LogP) is 2.56. The zero-order valence-corrected chi connectivity index (χ0v) is 12.1. The van der Waals surface area contributed by atoms with Gasteiger partial charge in [0, 0.05) is 19.7 Å². The number of methoxy groups -OCH3 is 1. The van der Waals surface area contributed by atoms with Crippen LogP contribution >= 0.6 is 0 Å². The van der Waals surface area contributed by atoms with E-state index in [1.807, 2.05) is 18.7 Å². The van der Waals surface area contributed by atoms with E-state index in [0.29, 0.717) is 19.0 Å². The number of carbonyl (C=O) groups is 1. The number of halogens is 1. The van der Waals surface area contributed by atoms with Gasteiger partial charge in [-0.15, -0.1) is 0 Å². The van der Waals surface area contributed by atoms with Crippen molar-refractivity contribution in [3.63, 3.8) is 0 Å². The number of hydrogen-bond donors (Lipinski definition) is 1. The highest BCUT2D eigenvalue weighted by atomic mass is 19.1. The number of carboxylic acids is 1. The summed E-state index contributed by atoms with van der Waals surface area (Å²) in [5.74, 6) is -1.53. The highest BCUT2D eigenvalue weighted by Crippen LogP contribution is 2.23. The molecule has 0 amide bonds. The van der Waals surface area contributed by atoms with E-state index in [1.165, 1.54) is 0 Å². The summed E-state index contributed by atoms with van der Waals surface area (Å²) in [4.78, 5) is 17.2. The van der Waals surface area contributed by atoms with E-state index in [-0.39, 0.29) is 11.6 Å². The Labute approximate surface area is 118 Å². The number of rotatable bonds is 8. The summed E-state index contributed by atoms with van der Waals surface area (Å²) < 4.78 is 18.3. The molecule has 0 aliphatic carbocycles. The van der Waals surface area contributed by atoms with Crippen LogP contribution in [0.4, 0.5) is 10.2 Å². The summed E-state index contributed by atoms with van der Waals surface area (Å²) in [6.07, 6.45) is 2.74. The topological polar surface area (TPSA) is 62.7 Å². The SMILES string of the molecule is CCC(CC)N(CCOC)c1ncc(F)cc1C(=O)O. The third kappa shape index (κ3) is 3.90. The molecule has 0 unspecified atom stereocenters. The molecule has 20 heavy (non-hydrogen) atoms. The van der Waals surface area contributed by atoms with Crippen molar-refractivity contribution in [2.45, 2.75) is 32.7 Å². The summed E-state index contributed by atoms with van der Waals surface area (Å²) in [6, 6.07) is 1.15. The fourth-order valence-electron chi connectivity index (χ4n) is 2.20. The fraction of sp³-hybridized carbons (Fsp3) is 0.571. The standard InChI is InChI=1S/C14H21FN2O3/c1-4-11(5-2)17(6-7-20-3)13-12(14(18)19)8-10(15)9-16-13/h8-9,11H,4-7H2,1-3H3,(H,18,19). The number of aromatic carboxylic acids is 1. The van der Waals surface area contributed by atoms with Gasteiger partial charge in [0.25, 0.3) is 0 Å². The second-order valence-corrected chi connectivity index (χ2v) is 4.49. The lowest BCUT2D eigenvalue weighted by atomic mass is 10.1. The molecule has 0 radical (unpaired) electrons. The molecule has 0 aliphatic rings. The van der Waals surface area contributed by atoms with Crippen molar-refractivity contribution >= 4 is 11.8 Å². The zero-order chi connectivity index (χ0) is 15.1. The van der Waals surface area contributed by atoms with Gasteiger partial charge in [-0.3, -0.25) is 0 Å². The van der Waals surface area contributed by atoms with Crippen molar-refractivity contribution in [2.24, 2.45) is 0 Å². The first-order valence-corrected chi connectivity index (χ1v) is 6.69. The number of nitrogens with zero attached hydrogens (tertiary/aromatic N) is 2. The lowest BCUT2D eigenvalue weighted by molar-refractivity contribution is 0.0696. The van der Waals surface area contributed by atoms with Gasteiger partial charge < -0.3 is 14.7 Å². The monoisotopic (exact) mass is 284 g/mol. The Kier molecular flexibility index (Phi) is 6.38. The van der Waals surface area contributed by atoms with Crippen molar-refractivity contribution in [1.82, 2.24) is 4.98 Å². The van der Waals surface area contributed by atoms with Gasteiger partial charge in [0.2, 0.25) is 0 Å². The van der Waals surface area contributed by atoms with Crippen LogP contribution in [0.3, 0.4) is 0 Å². The highest BCUT2D eigenvalue weighted by molar-refractivity contribution is 5.93. The van der Waals surface area contributed by atoms with Gasteiger partial charge in [0.05, 0.1) is 12.8 Å². The molecule has 0 aliphatic heterocycles. The van der Waals surface area contributed by atoms with E-state index in [0.717, 1.165) is 25.1 Å². The Morgan fingerprint density at radius 1 is 1.50 bits per heavy atom. The van der Waals surface area contributed by atoms with Crippen molar-refractivity contribution < 1.29 is 19.0 Å². The first-order chi connectivity index (χ1) is 9.54. The Bertz CT molecular complexity index is 450. The van der Waals surface area contributed by atoms with Gasteiger partial charge in [0.1, 0.15) is 17.2 Å². The number of pyridine rings is 1. The van der Waals surface area contributed by atoms with Crippen molar-refractivity contribution in [3.8, 4) is 0 Å². The van der Waals surface area contributed by atoms with Crippen LogP contribution in [0, 0.1) is 5.82 Å². The molecule has 1 heterocycles. The maximum absolute atomic E-state index is 13.2. The van der Waals surface area contributed by atoms with E-state index in [9.17, 15) is 14.3 Å². The normalized spacial score (nSPS) is 10.8. The van der Waals surface area contributed by atoms with Crippen LogP contribution in [0.5, 0.6) is 0 Å². The Balaban J connectivity index is 3.21. The Hall–Kier alpha value is -1.69. The first kappa shape index (κ1) is 16.4. The van der Waals surface area contributed by atoms with E-state index in [2.05, 4.69) is 4.98 Å². The zero-order valence-electron chi connectivity index (χ0n) is 12.1. The second-order valence-electron chi connectivity index (χ2n) is 4.49. The maximum Gasteiger partial charge on any atom is 0.339 e. The predicted molar refractivity (Wildman–Crippen MR) is 74.7 cm³/mol.